The second-order valence-electron chi connectivity index (χ2n) is 32.0. The Hall–Kier alpha value is -5.54. The molecule has 2 aromatic heterocycles. The monoisotopic (exact) mass is 1700 g/mol. The minimum Gasteiger partial charge on any atom is -0.399 e. The molecule has 7 aliphatic heterocycles. The maximum Gasteiger partial charge on any atom is 0.500 e. The van der Waals surface area contributed by atoms with Gasteiger partial charge >= 0.3 is 7.12 Å². The average Bonchev–Trinajstić information content (AvgIpc) is 1.70. The quantitative estimate of drug-likeness (QED) is 0.0629. The molecule has 16 rings (SSSR count). The maximum atomic E-state index is 13.8. The van der Waals surface area contributed by atoms with Gasteiger partial charge in [0.2, 0.25) is 29.1 Å². The molecule has 1 atom stereocenters. The van der Waals surface area contributed by atoms with Crippen molar-refractivity contribution in [2.24, 2.45) is 32.7 Å². The Labute approximate surface area is 664 Å². The Morgan fingerprint density at radius 1 is 0.532 bits per heavy atom. The van der Waals surface area contributed by atoms with Crippen molar-refractivity contribution in [1.82, 2.24) is 40.2 Å². The van der Waals surface area contributed by atoms with Gasteiger partial charge in [0.15, 0.2) is 0 Å². The zero-order valence-electron chi connectivity index (χ0n) is 63.7. The van der Waals surface area contributed by atoms with Crippen LogP contribution >= 0.6 is 42.5 Å². The minimum absolute atomic E-state index is 0.0306. The molecular weight excluding hydrogens is 1600 g/mol. The van der Waals surface area contributed by atoms with Gasteiger partial charge in [-0.3, -0.25) is 29.4 Å². The normalized spacial score (nSPS) is 23.2. The molecule has 4 saturated heterocycles. The number of amidine groups is 3. The summed E-state index contributed by atoms with van der Waals surface area (Å²) < 4.78 is 102. The molecule has 592 valence electrons. The van der Waals surface area contributed by atoms with E-state index in [4.69, 9.17) is 44.0 Å². The van der Waals surface area contributed by atoms with Gasteiger partial charge in [0.05, 0.1) is 28.4 Å². The van der Waals surface area contributed by atoms with Gasteiger partial charge in [0, 0.05) is 74.6 Å². The molecule has 0 radical (unpaired) electrons. The van der Waals surface area contributed by atoms with Gasteiger partial charge in [-0.1, -0.05) is 161 Å². The van der Waals surface area contributed by atoms with Gasteiger partial charge in [0.25, 0.3) is 17.7 Å². The maximum absolute atomic E-state index is 13.8. The number of aliphatic imine (C=N–C) groups is 3. The molecule has 5 aromatic rings. The molecule has 7 fully saturated rings. The van der Waals surface area contributed by atoms with Gasteiger partial charge in [-0.2, -0.15) is 0 Å². The van der Waals surface area contributed by atoms with Crippen molar-refractivity contribution in [2.75, 3.05) is 50.8 Å². The van der Waals surface area contributed by atoms with Crippen LogP contribution in [0.15, 0.2) is 106 Å². The number of carbonyl (C=O) groups excluding carboxylic acids is 3. The Balaban J connectivity index is 0.000000133. The standard InChI is InChI=1S/C25H30N4O4S.C21H28BrN3O3S.C13H21N3O.C11H18BNO3.C8H8BrClO2S/c1-16-21-19-10-6-5-9-18(19)15-20(22(21)28-33-16)34(31,32)29-13-11-25(12-14-29)24(30)26-23(27-25)17-7-3-2-4-8-17;22-18-9-5-4-6-16(18)10-15-29(27,28)25-13-11-21(12-14-25)20(26)23-19(24-21)17-7-2-1-3-8-17;17-12-13(6-8-14-9-7-13)16-11(15-12)10-4-2-1-3-5-10;1-7-9(8(2)14-13-7)12-15-10(3,4)11(5,6)16-12;9-8-4-2-1-3-7(8)5-6-13(10,11)12/h5-6,9-10,17,20H,2-4,7-8,11-15H2,1H3,(H,26,27,30);4-6,9,17H,1-3,7-8,10-15H2,(H,23,24,26);10,14H,1-9H2,(H,15,16,17);1-6H3;1-4H,5-6H2. The Bertz CT molecular complexity index is 4530. The van der Waals surface area contributed by atoms with Crippen LogP contribution in [-0.4, -0.2) is 165 Å². The van der Waals surface area contributed by atoms with Crippen molar-refractivity contribution < 1.29 is 58.0 Å². The lowest BCUT2D eigenvalue weighted by Gasteiger charge is -2.37. The highest BCUT2D eigenvalue weighted by Gasteiger charge is 2.55. The van der Waals surface area contributed by atoms with E-state index < -0.39 is 51.0 Å². The molecule has 3 saturated carbocycles. The number of sulfonamides is 2. The molecule has 0 bridgehead atoms. The Morgan fingerprint density at radius 2 is 0.945 bits per heavy atom. The summed E-state index contributed by atoms with van der Waals surface area (Å²) in [6.07, 6.45) is 22.6. The summed E-state index contributed by atoms with van der Waals surface area (Å²) in [6.45, 7) is 16.8. The number of nitrogens with one attached hydrogen (secondary N) is 4. The highest BCUT2D eigenvalue weighted by atomic mass is 79.9. The van der Waals surface area contributed by atoms with Crippen molar-refractivity contribution >= 4 is 119 Å². The predicted molar refractivity (Wildman–Crippen MR) is 431 cm³/mol. The predicted octanol–water partition coefficient (Wildman–Crippen LogP) is 12.2. The summed E-state index contributed by atoms with van der Waals surface area (Å²) in [5.41, 5.74) is 4.29. The number of nitrogens with zero attached hydrogens (tertiary/aromatic N) is 7. The Morgan fingerprint density at radius 3 is 1.39 bits per heavy atom. The first kappa shape index (κ1) is 82.9. The van der Waals surface area contributed by atoms with Gasteiger partial charge < -0.3 is 39.6 Å². The summed E-state index contributed by atoms with van der Waals surface area (Å²) >= 11 is 6.80. The largest absolute Gasteiger partial charge is 0.500 e. The number of piperidine rings is 3. The van der Waals surface area contributed by atoms with Crippen molar-refractivity contribution in [2.45, 2.75) is 236 Å². The molecule has 109 heavy (non-hydrogen) atoms. The molecule has 1 unspecified atom stereocenters. The van der Waals surface area contributed by atoms with Gasteiger partial charge in [-0.05, 0) is 192 Å². The number of aromatic nitrogens is 2. The number of hydrogen-bond acceptors (Lipinski definition) is 19. The van der Waals surface area contributed by atoms with E-state index in [2.05, 4.69) is 63.4 Å². The van der Waals surface area contributed by atoms with Gasteiger partial charge in [0.1, 0.15) is 56.6 Å². The second-order valence-corrected chi connectivity index (χ2v) is 40.8. The third kappa shape index (κ3) is 19.0. The number of amides is 3. The fraction of sp³-hybridized carbons (Fsp3) is 0.615. The van der Waals surface area contributed by atoms with E-state index in [-0.39, 0.29) is 60.6 Å². The fourth-order valence-corrected chi connectivity index (χ4v) is 21.8. The number of aryl methyl sites for hydroxylation is 5. The number of carbonyl (C=O) groups is 3. The van der Waals surface area contributed by atoms with E-state index >= 15 is 0 Å². The highest BCUT2D eigenvalue weighted by molar-refractivity contribution is 9.10. The third-order valence-corrected chi connectivity index (χ3v) is 31.0. The third-order valence-electron chi connectivity index (χ3n) is 24.2. The lowest BCUT2D eigenvalue weighted by molar-refractivity contribution is -0.125. The summed E-state index contributed by atoms with van der Waals surface area (Å²) in [5, 5.41) is 19.8. The van der Waals surface area contributed by atoms with Crippen LogP contribution < -0.4 is 26.7 Å². The summed E-state index contributed by atoms with van der Waals surface area (Å²) in [7, 11) is -5.73. The van der Waals surface area contributed by atoms with E-state index in [1.807, 2.05) is 121 Å². The lowest BCUT2D eigenvalue weighted by atomic mass is 9.77. The zero-order chi connectivity index (χ0) is 77.7. The van der Waals surface area contributed by atoms with Gasteiger partial charge in [-0.15, -0.1) is 0 Å². The molecule has 9 heterocycles. The van der Waals surface area contributed by atoms with Crippen molar-refractivity contribution in [3.63, 3.8) is 0 Å². The SMILES string of the molecule is Cc1noc(C)c1B1OC(C)(C)C(C)(C)O1.Cc1onc2c1-c1ccccc1CC2S(=O)(=O)N1CCC2(CC1)N=C(C1CCCCC1)NC2=O.O=C1NC(C2CCCCC2)=NC12CCN(S(=O)(=O)CCc1ccccc1Br)CC2.O=C1NC(C2CCCCC2)=NC12CCNCC2.O=S(=O)(Cl)CCc1ccccc1Br. The van der Waals surface area contributed by atoms with Crippen molar-refractivity contribution in [3.05, 3.63) is 121 Å². The number of halogens is 3. The number of hydrogen-bond donors (Lipinski definition) is 4. The highest BCUT2D eigenvalue weighted by Crippen LogP contribution is 2.46. The summed E-state index contributed by atoms with van der Waals surface area (Å²) in [6, 6.07) is 23.0. The van der Waals surface area contributed by atoms with Crippen LogP contribution in [0.3, 0.4) is 0 Å². The molecule has 31 heteroatoms. The topological polar surface area (TPSA) is 316 Å². The molecule has 3 aromatic carbocycles. The molecule has 24 nitrogen and oxygen atoms in total. The molecule has 4 N–H and O–H groups in total. The van der Waals surface area contributed by atoms with E-state index in [1.54, 1.807) is 0 Å². The Kier molecular flexibility index (Phi) is 26.4. The fourth-order valence-electron chi connectivity index (χ4n) is 16.8. The van der Waals surface area contributed by atoms with Crippen LogP contribution in [0.2, 0.25) is 0 Å². The van der Waals surface area contributed by atoms with Crippen LogP contribution in [0, 0.1) is 38.5 Å². The first-order valence-electron chi connectivity index (χ1n) is 39.0. The minimum atomic E-state index is -3.69. The van der Waals surface area contributed by atoms with E-state index in [9.17, 15) is 39.6 Å². The second kappa shape index (κ2) is 34.7. The first-order valence-corrected chi connectivity index (χ1v) is 46.1. The smallest absolute Gasteiger partial charge is 0.399 e. The molecule has 4 aliphatic carbocycles. The summed E-state index contributed by atoms with van der Waals surface area (Å²) in [4.78, 5) is 52.3. The van der Waals surface area contributed by atoms with Crippen LogP contribution in [0.1, 0.15) is 207 Å². The number of benzene rings is 3. The van der Waals surface area contributed by atoms with Crippen LogP contribution in [0.5, 0.6) is 0 Å². The van der Waals surface area contributed by atoms with E-state index in [0.717, 1.165) is 123 Å². The average molecular weight is 1710 g/mol. The van der Waals surface area contributed by atoms with Crippen LogP contribution in [0.25, 0.3) is 11.1 Å². The van der Waals surface area contributed by atoms with Crippen molar-refractivity contribution in [1.29, 1.82) is 0 Å². The number of rotatable bonds is 13. The van der Waals surface area contributed by atoms with Gasteiger partial charge in [-0.25, -0.2) is 33.9 Å². The number of fused-ring (bicyclic) bond motifs is 3. The molecule has 11 aliphatic rings. The van der Waals surface area contributed by atoms with Crippen molar-refractivity contribution in [3.8, 4) is 11.1 Å². The zero-order valence-corrected chi connectivity index (χ0v) is 70.1. The van der Waals surface area contributed by atoms with E-state index in [0.29, 0.717) is 87.2 Å². The van der Waals surface area contributed by atoms with Crippen LogP contribution in [0.4, 0.5) is 0 Å². The van der Waals surface area contributed by atoms with Crippen LogP contribution in [-0.2, 0) is 72.1 Å². The summed E-state index contributed by atoms with van der Waals surface area (Å²) in [5.74, 6) is 5.36. The van der Waals surface area contributed by atoms with E-state index in [1.165, 1.54) is 79.2 Å². The first-order chi connectivity index (χ1) is 51.8. The molecule has 3 amide bonds. The molecule has 3 spiro atoms. The molecular formula is C78H105BBr2ClN11O13S3. The lowest BCUT2D eigenvalue weighted by Crippen LogP contribution is -2.51.